The molecule has 1 spiro atoms. The molecule has 0 N–H and O–H groups in total. The van der Waals surface area contributed by atoms with E-state index in [2.05, 4.69) is 106 Å². The van der Waals surface area contributed by atoms with E-state index in [0.717, 1.165) is 20.4 Å². The molecule has 2 aliphatic rings. The Morgan fingerprint density at radius 3 is 1.58 bits per heavy atom. The first-order valence-electron chi connectivity index (χ1n) is 10.9. The molecule has 2 nitrogen and oxygen atoms in total. The molecule has 1 atom stereocenters. The first-order chi connectivity index (χ1) is 15.9. The summed E-state index contributed by atoms with van der Waals surface area (Å²) in [6, 6.07) is 22.3. The molecule has 33 heavy (non-hydrogen) atoms. The van der Waals surface area contributed by atoms with E-state index in [0.29, 0.717) is 0 Å². The molecule has 0 radical (unpaired) electrons. The van der Waals surface area contributed by atoms with Gasteiger partial charge in [-0.05, 0) is 106 Å². The highest BCUT2D eigenvalue weighted by Gasteiger charge is 2.52. The third-order valence-electron chi connectivity index (χ3n) is 7.32. The predicted octanol–water partition coefficient (Wildman–Crippen LogP) is 8.19. The second kappa shape index (κ2) is 7.22. The standard InChI is InChI=1S/C29H22Br2O2/c1-15-9-21-19-7-5-17(30)11-24(19)29(23(21)10-16(15)2)25-12-18(31)6-8-20(25)22-13-27(32-3)28(33-4)14-26(22)29/h5-14H,1-4H3. The van der Waals surface area contributed by atoms with Gasteiger partial charge in [-0.1, -0.05) is 56.1 Å². The van der Waals surface area contributed by atoms with Crippen LogP contribution < -0.4 is 9.47 Å². The highest BCUT2D eigenvalue weighted by molar-refractivity contribution is 9.10. The summed E-state index contributed by atoms with van der Waals surface area (Å²) in [5.41, 5.74) is 12.3. The summed E-state index contributed by atoms with van der Waals surface area (Å²) in [5.74, 6) is 1.49. The number of benzene rings is 4. The highest BCUT2D eigenvalue weighted by Crippen LogP contribution is 2.64. The van der Waals surface area contributed by atoms with Crippen LogP contribution in [0.4, 0.5) is 0 Å². The zero-order chi connectivity index (χ0) is 23.1. The van der Waals surface area contributed by atoms with Crippen molar-refractivity contribution >= 4 is 31.9 Å². The number of rotatable bonds is 2. The van der Waals surface area contributed by atoms with E-state index in [1.54, 1.807) is 14.2 Å². The molecular weight excluding hydrogens is 540 g/mol. The van der Waals surface area contributed by atoms with Gasteiger partial charge in [0.05, 0.1) is 19.6 Å². The van der Waals surface area contributed by atoms with Crippen LogP contribution in [0.5, 0.6) is 11.5 Å². The first-order valence-corrected chi connectivity index (χ1v) is 12.5. The van der Waals surface area contributed by atoms with Crippen molar-refractivity contribution in [2.75, 3.05) is 14.2 Å². The molecule has 0 fully saturated rings. The molecule has 0 bridgehead atoms. The zero-order valence-electron chi connectivity index (χ0n) is 18.8. The van der Waals surface area contributed by atoms with Crippen molar-refractivity contribution in [1.82, 2.24) is 0 Å². The van der Waals surface area contributed by atoms with Crippen LogP contribution in [0, 0.1) is 13.8 Å². The van der Waals surface area contributed by atoms with Crippen molar-refractivity contribution in [1.29, 1.82) is 0 Å². The molecule has 0 aliphatic heterocycles. The highest BCUT2D eigenvalue weighted by atomic mass is 79.9. The lowest BCUT2D eigenvalue weighted by Crippen LogP contribution is -2.26. The van der Waals surface area contributed by atoms with E-state index in [1.807, 2.05) is 0 Å². The summed E-state index contributed by atoms with van der Waals surface area (Å²) < 4.78 is 13.6. The number of aryl methyl sites for hydroxylation is 2. The minimum atomic E-state index is -0.430. The Labute approximate surface area is 210 Å². The van der Waals surface area contributed by atoms with Gasteiger partial charge in [0.2, 0.25) is 0 Å². The summed E-state index contributed by atoms with van der Waals surface area (Å²) >= 11 is 7.52. The predicted molar refractivity (Wildman–Crippen MR) is 141 cm³/mol. The lowest BCUT2D eigenvalue weighted by Gasteiger charge is -2.31. The minimum absolute atomic E-state index is 0.430. The van der Waals surface area contributed by atoms with Gasteiger partial charge in [0.25, 0.3) is 0 Å². The lowest BCUT2D eigenvalue weighted by atomic mass is 9.70. The second-order valence-corrected chi connectivity index (χ2v) is 10.7. The topological polar surface area (TPSA) is 18.5 Å². The number of methoxy groups -OCH3 is 2. The minimum Gasteiger partial charge on any atom is -0.493 e. The van der Waals surface area contributed by atoms with Crippen LogP contribution in [0.2, 0.25) is 0 Å². The molecule has 0 amide bonds. The van der Waals surface area contributed by atoms with Gasteiger partial charge in [0.15, 0.2) is 11.5 Å². The van der Waals surface area contributed by atoms with Gasteiger partial charge >= 0.3 is 0 Å². The number of ether oxygens (including phenoxy) is 2. The maximum Gasteiger partial charge on any atom is 0.161 e. The Hall–Kier alpha value is -2.56. The molecule has 1 unspecified atom stereocenters. The number of hydrogen-bond acceptors (Lipinski definition) is 2. The van der Waals surface area contributed by atoms with Crippen molar-refractivity contribution in [2.24, 2.45) is 0 Å². The van der Waals surface area contributed by atoms with Crippen LogP contribution in [0.15, 0.2) is 69.6 Å². The van der Waals surface area contributed by atoms with Gasteiger partial charge in [-0.2, -0.15) is 0 Å². The molecule has 0 aromatic heterocycles. The molecule has 0 heterocycles. The fourth-order valence-corrected chi connectivity index (χ4v) is 6.48. The van der Waals surface area contributed by atoms with Crippen molar-refractivity contribution in [3.63, 3.8) is 0 Å². The number of hydrogen-bond donors (Lipinski definition) is 0. The van der Waals surface area contributed by atoms with Crippen molar-refractivity contribution in [2.45, 2.75) is 19.3 Å². The Morgan fingerprint density at radius 2 is 1.00 bits per heavy atom. The number of fused-ring (bicyclic) bond motifs is 10. The van der Waals surface area contributed by atoms with E-state index >= 15 is 0 Å². The molecule has 2 aliphatic carbocycles. The van der Waals surface area contributed by atoms with E-state index in [9.17, 15) is 0 Å². The Bertz CT molecular complexity index is 1490. The molecule has 0 saturated carbocycles. The average molecular weight is 562 g/mol. The lowest BCUT2D eigenvalue weighted by molar-refractivity contribution is 0.354. The van der Waals surface area contributed by atoms with Gasteiger partial charge < -0.3 is 9.47 Å². The van der Waals surface area contributed by atoms with Crippen molar-refractivity contribution < 1.29 is 9.47 Å². The molecule has 4 heteroatoms. The smallest absolute Gasteiger partial charge is 0.161 e. The summed E-state index contributed by atoms with van der Waals surface area (Å²) in [4.78, 5) is 0. The van der Waals surface area contributed by atoms with E-state index in [-0.39, 0.29) is 0 Å². The van der Waals surface area contributed by atoms with Gasteiger partial charge in [-0.25, -0.2) is 0 Å². The van der Waals surface area contributed by atoms with E-state index < -0.39 is 5.41 Å². The van der Waals surface area contributed by atoms with Crippen LogP contribution >= 0.6 is 31.9 Å². The maximum atomic E-state index is 5.79. The quantitative estimate of drug-likeness (QED) is 0.212. The Balaban J connectivity index is 1.86. The summed E-state index contributed by atoms with van der Waals surface area (Å²) in [6.45, 7) is 4.40. The van der Waals surface area contributed by atoms with Crippen LogP contribution in [-0.4, -0.2) is 14.2 Å². The fraction of sp³-hybridized carbons (Fsp3) is 0.172. The number of halogens is 2. The zero-order valence-corrected chi connectivity index (χ0v) is 22.0. The Kier molecular flexibility index (Phi) is 4.59. The first kappa shape index (κ1) is 21.0. The third-order valence-corrected chi connectivity index (χ3v) is 8.30. The molecule has 4 aromatic carbocycles. The van der Waals surface area contributed by atoms with Gasteiger partial charge in [0, 0.05) is 8.95 Å². The Morgan fingerprint density at radius 1 is 0.545 bits per heavy atom. The van der Waals surface area contributed by atoms with Gasteiger partial charge in [-0.15, -0.1) is 0 Å². The molecule has 164 valence electrons. The van der Waals surface area contributed by atoms with Crippen LogP contribution in [0.1, 0.15) is 33.4 Å². The monoisotopic (exact) mass is 560 g/mol. The summed E-state index contributed by atoms with van der Waals surface area (Å²) in [6.07, 6.45) is 0. The van der Waals surface area contributed by atoms with Crippen molar-refractivity contribution in [3.05, 3.63) is 103 Å². The SMILES string of the molecule is COc1cc2c(cc1OC)C1(c3cc(Br)ccc3-c3cc(C)c(C)cc31)c1cc(Br)ccc1-2. The second-order valence-electron chi connectivity index (χ2n) is 8.86. The largest absolute Gasteiger partial charge is 0.493 e. The van der Waals surface area contributed by atoms with E-state index in [4.69, 9.17) is 9.47 Å². The van der Waals surface area contributed by atoms with E-state index in [1.165, 1.54) is 55.6 Å². The summed E-state index contributed by atoms with van der Waals surface area (Å²) in [7, 11) is 3.40. The molecule has 0 saturated heterocycles. The molecule has 4 aromatic rings. The molecule has 6 rings (SSSR count). The van der Waals surface area contributed by atoms with Crippen LogP contribution in [0.25, 0.3) is 22.3 Å². The van der Waals surface area contributed by atoms with Crippen molar-refractivity contribution in [3.8, 4) is 33.8 Å². The van der Waals surface area contributed by atoms with Crippen LogP contribution in [0.3, 0.4) is 0 Å². The normalized spacial score (nSPS) is 16.9. The average Bonchev–Trinajstić information content (AvgIpc) is 3.23. The van der Waals surface area contributed by atoms with Gasteiger partial charge in [0.1, 0.15) is 0 Å². The van der Waals surface area contributed by atoms with Gasteiger partial charge in [-0.3, -0.25) is 0 Å². The fourth-order valence-electron chi connectivity index (χ4n) is 5.76. The van der Waals surface area contributed by atoms with Crippen LogP contribution in [-0.2, 0) is 5.41 Å². The maximum absolute atomic E-state index is 5.79. The third kappa shape index (κ3) is 2.65. The molecular formula is C29H22Br2O2. The summed E-state index contributed by atoms with van der Waals surface area (Å²) in [5, 5.41) is 0.